The number of methoxy groups -OCH3 is 2. The van der Waals surface area contributed by atoms with Crippen LogP contribution >= 0.6 is 0 Å². The van der Waals surface area contributed by atoms with Crippen molar-refractivity contribution in [3.05, 3.63) is 90.0 Å². The second-order valence-corrected chi connectivity index (χ2v) is 7.76. The van der Waals surface area contributed by atoms with Crippen LogP contribution in [0.2, 0.25) is 0 Å². The van der Waals surface area contributed by atoms with E-state index in [4.69, 9.17) is 9.47 Å². The van der Waals surface area contributed by atoms with Gasteiger partial charge in [0.2, 0.25) is 5.91 Å². The van der Waals surface area contributed by atoms with E-state index >= 15 is 0 Å². The molecule has 1 aliphatic rings. The van der Waals surface area contributed by atoms with Gasteiger partial charge in [-0.2, -0.15) is 0 Å². The molecule has 33 heavy (non-hydrogen) atoms. The highest BCUT2D eigenvalue weighted by molar-refractivity contribution is 6.16. The number of benzene rings is 3. The summed E-state index contributed by atoms with van der Waals surface area (Å²) in [7, 11) is 3.10. The summed E-state index contributed by atoms with van der Waals surface area (Å²) in [5, 5.41) is 0. The number of nitrogens with zero attached hydrogens (tertiary/aromatic N) is 2. The Balaban J connectivity index is 1.80. The van der Waals surface area contributed by atoms with Gasteiger partial charge in [0.05, 0.1) is 19.9 Å². The van der Waals surface area contributed by atoms with Gasteiger partial charge in [-0.3, -0.25) is 19.4 Å². The minimum Gasteiger partial charge on any atom is -0.497 e. The molecular weight excluding hydrogens is 416 g/mol. The number of hydrogen-bond acceptors (Lipinski definition) is 4. The first-order valence-corrected chi connectivity index (χ1v) is 10.7. The highest BCUT2D eigenvalue weighted by atomic mass is 16.5. The van der Waals surface area contributed by atoms with Gasteiger partial charge >= 0.3 is 0 Å². The minimum absolute atomic E-state index is 0.0917. The topological polar surface area (TPSA) is 59.1 Å². The minimum atomic E-state index is -0.791. The lowest BCUT2D eigenvalue weighted by Crippen LogP contribution is -2.61. The van der Waals surface area contributed by atoms with Crippen LogP contribution in [0.5, 0.6) is 11.5 Å². The molecule has 0 unspecified atom stereocenters. The molecule has 1 heterocycles. The van der Waals surface area contributed by atoms with Crippen LogP contribution < -0.4 is 19.3 Å². The van der Waals surface area contributed by atoms with Crippen molar-refractivity contribution in [1.82, 2.24) is 0 Å². The molecule has 2 amide bonds. The van der Waals surface area contributed by atoms with E-state index in [1.165, 1.54) is 12.0 Å². The maximum Gasteiger partial charge on any atom is 0.255 e. The lowest BCUT2D eigenvalue weighted by Gasteiger charge is -2.41. The second-order valence-electron chi connectivity index (χ2n) is 7.76. The zero-order chi connectivity index (χ0) is 23.4. The number of hydrogen-bond donors (Lipinski definition) is 0. The molecular formula is C27H26N2O4. The van der Waals surface area contributed by atoms with E-state index in [0.717, 1.165) is 11.1 Å². The van der Waals surface area contributed by atoms with Gasteiger partial charge in [-0.1, -0.05) is 54.6 Å². The predicted octanol–water partition coefficient (Wildman–Crippen LogP) is 4.56. The van der Waals surface area contributed by atoms with Crippen molar-refractivity contribution in [2.75, 3.05) is 30.6 Å². The maximum atomic E-state index is 13.9. The fourth-order valence-electron chi connectivity index (χ4n) is 4.07. The van der Waals surface area contributed by atoms with Gasteiger partial charge in [-0.05, 0) is 42.3 Å². The Morgan fingerprint density at radius 2 is 1.58 bits per heavy atom. The van der Waals surface area contributed by atoms with E-state index in [1.54, 1.807) is 30.2 Å². The Bertz CT molecular complexity index is 1180. The molecule has 168 valence electrons. The van der Waals surface area contributed by atoms with Gasteiger partial charge in [-0.15, -0.1) is 0 Å². The number of ether oxygens (including phenoxy) is 2. The van der Waals surface area contributed by atoms with E-state index in [1.807, 2.05) is 73.7 Å². The van der Waals surface area contributed by atoms with Crippen LogP contribution in [-0.4, -0.2) is 38.6 Å². The Morgan fingerprint density at radius 1 is 0.909 bits per heavy atom. The predicted molar refractivity (Wildman–Crippen MR) is 130 cm³/mol. The largest absolute Gasteiger partial charge is 0.497 e. The van der Waals surface area contributed by atoms with Crippen LogP contribution in [0.4, 0.5) is 11.4 Å². The fraction of sp³-hybridized carbons (Fsp3) is 0.185. The molecule has 0 bridgehead atoms. The van der Waals surface area contributed by atoms with Crippen molar-refractivity contribution in [3.8, 4) is 11.5 Å². The number of para-hydroxylation sites is 1. The number of rotatable bonds is 6. The van der Waals surface area contributed by atoms with Crippen LogP contribution in [0.25, 0.3) is 6.08 Å². The number of piperazine rings is 1. The molecule has 3 aromatic carbocycles. The lowest BCUT2D eigenvalue weighted by atomic mass is 9.98. The molecule has 4 rings (SSSR count). The Hall–Kier alpha value is -4.06. The van der Waals surface area contributed by atoms with E-state index in [2.05, 4.69) is 0 Å². The van der Waals surface area contributed by atoms with E-state index in [9.17, 15) is 9.59 Å². The quantitative estimate of drug-likeness (QED) is 0.562. The van der Waals surface area contributed by atoms with Gasteiger partial charge in [0.1, 0.15) is 24.1 Å². The molecule has 0 radical (unpaired) electrons. The first-order chi connectivity index (χ1) is 16.0. The third kappa shape index (κ3) is 4.46. The summed E-state index contributed by atoms with van der Waals surface area (Å²) in [4.78, 5) is 30.4. The molecule has 0 N–H and O–H groups in total. The number of amides is 2. The van der Waals surface area contributed by atoms with Crippen molar-refractivity contribution < 1.29 is 19.1 Å². The summed E-state index contributed by atoms with van der Waals surface area (Å²) in [6, 6.07) is 23.5. The third-order valence-corrected chi connectivity index (χ3v) is 5.66. The van der Waals surface area contributed by atoms with Crippen molar-refractivity contribution in [2.24, 2.45) is 0 Å². The molecule has 6 nitrogen and oxygen atoms in total. The molecule has 0 spiro atoms. The van der Waals surface area contributed by atoms with Crippen molar-refractivity contribution in [2.45, 2.75) is 13.0 Å². The molecule has 1 fully saturated rings. The van der Waals surface area contributed by atoms with Gasteiger partial charge in [0, 0.05) is 11.8 Å². The maximum absolute atomic E-state index is 13.9. The molecule has 0 saturated carbocycles. The Labute approximate surface area is 193 Å². The van der Waals surface area contributed by atoms with E-state index in [0.29, 0.717) is 22.9 Å². The van der Waals surface area contributed by atoms with E-state index in [-0.39, 0.29) is 18.4 Å². The SMILES string of the molecule is COc1ccc(N2CC(=O)N(c3ccccc3)[C@H](/C(C)=C/c3ccccc3)C2=O)c(OC)c1. The van der Waals surface area contributed by atoms with Gasteiger partial charge in [0.25, 0.3) is 5.91 Å². The summed E-state index contributed by atoms with van der Waals surface area (Å²) in [5.41, 5.74) is 2.94. The van der Waals surface area contributed by atoms with Gasteiger partial charge in [-0.25, -0.2) is 0 Å². The van der Waals surface area contributed by atoms with Crippen LogP contribution in [0, 0.1) is 0 Å². The summed E-state index contributed by atoms with van der Waals surface area (Å²) < 4.78 is 10.8. The number of carbonyl (C=O) groups is 2. The monoisotopic (exact) mass is 442 g/mol. The van der Waals surface area contributed by atoms with Crippen molar-refractivity contribution in [1.29, 1.82) is 0 Å². The van der Waals surface area contributed by atoms with Crippen molar-refractivity contribution >= 4 is 29.3 Å². The second kappa shape index (κ2) is 9.61. The third-order valence-electron chi connectivity index (χ3n) is 5.66. The molecule has 3 aromatic rings. The van der Waals surface area contributed by atoms with Crippen LogP contribution in [-0.2, 0) is 9.59 Å². The first-order valence-electron chi connectivity index (χ1n) is 10.7. The normalized spacial score (nSPS) is 16.7. The number of anilines is 2. The summed E-state index contributed by atoms with van der Waals surface area (Å²) in [6.45, 7) is 1.79. The standard InChI is InChI=1S/C27H26N2O4/c1-19(16-20-10-6-4-7-11-20)26-27(31)28(23-15-14-22(32-2)17-24(23)33-3)18-25(30)29(26)21-12-8-5-9-13-21/h4-17,26H,18H2,1-3H3/b19-16+/t26-/m1/s1. The van der Waals surface area contributed by atoms with Crippen molar-refractivity contribution in [3.63, 3.8) is 0 Å². The Kier molecular flexibility index (Phi) is 6.45. The Morgan fingerprint density at radius 3 is 2.21 bits per heavy atom. The zero-order valence-corrected chi connectivity index (χ0v) is 18.9. The average molecular weight is 443 g/mol. The summed E-state index contributed by atoms with van der Waals surface area (Å²) in [5.74, 6) is 0.692. The molecule has 1 saturated heterocycles. The molecule has 0 aromatic heterocycles. The van der Waals surface area contributed by atoms with Gasteiger partial charge < -0.3 is 9.47 Å². The van der Waals surface area contributed by atoms with Crippen LogP contribution in [0.15, 0.2) is 84.4 Å². The van der Waals surface area contributed by atoms with E-state index < -0.39 is 6.04 Å². The highest BCUT2D eigenvalue weighted by Crippen LogP contribution is 2.36. The fourth-order valence-corrected chi connectivity index (χ4v) is 4.07. The smallest absolute Gasteiger partial charge is 0.255 e. The summed E-state index contributed by atoms with van der Waals surface area (Å²) >= 11 is 0. The number of carbonyl (C=O) groups excluding carboxylic acids is 2. The van der Waals surface area contributed by atoms with Crippen LogP contribution in [0.1, 0.15) is 12.5 Å². The molecule has 1 aliphatic heterocycles. The molecule has 0 aliphatic carbocycles. The van der Waals surface area contributed by atoms with Gasteiger partial charge in [0.15, 0.2) is 0 Å². The summed E-state index contributed by atoms with van der Waals surface area (Å²) in [6.07, 6.45) is 1.94. The average Bonchev–Trinajstić information content (AvgIpc) is 2.85. The lowest BCUT2D eigenvalue weighted by molar-refractivity contribution is -0.127. The van der Waals surface area contributed by atoms with Crippen LogP contribution in [0.3, 0.4) is 0 Å². The molecule has 6 heteroatoms. The highest BCUT2D eigenvalue weighted by Gasteiger charge is 2.42. The molecule has 1 atom stereocenters. The first kappa shape index (κ1) is 22.1. The zero-order valence-electron chi connectivity index (χ0n) is 18.9.